The zero-order valence-electron chi connectivity index (χ0n) is 18.4. The molecule has 0 fully saturated rings. The van der Waals surface area contributed by atoms with Gasteiger partial charge in [0.1, 0.15) is 12.6 Å². The molecule has 0 aliphatic carbocycles. The Balaban J connectivity index is 1.91. The molecule has 3 heterocycles. The lowest BCUT2D eigenvalue weighted by atomic mass is 9.88. The van der Waals surface area contributed by atoms with E-state index in [1.807, 2.05) is 0 Å². The van der Waals surface area contributed by atoms with Crippen molar-refractivity contribution in [3.63, 3.8) is 0 Å². The van der Waals surface area contributed by atoms with Gasteiger partial charge in [-0.2, -0.15) is 4.57 Å². The van der Waals surface area contributed by atoms with Gasteiger partial charge in [0, 0.05) is 22.2 Å². The smallest absolute Gasteiger partial charge is 0.238 e. The molecule has 148 valence electrons. The number of benzene rings is 3. The van der Waals surface area contributed by atoms with E-state index in [4.69, 9.17) is 0 Å². The normalized spacial score (nSPS) is 13.0. The van der Waals surface area contributed by atoms with Crippen LogP contribution in [0.15, 0.2) is 60.8 Å². The Labute approximate surface area is 176 Å². The van der Waals surface area contributed by atoms with Gasteiger partial charge in [-0.1, -0.05) is 51.1 Å². The average Bonchev–Trinajstić information content (AvgIpc) is 3.01. The summed E-state index contributed by atoms with van der Waals surface area (Å²) in [6.45, 7) is 9.18. The third kappa shape index (κ3) is 2.28. The van der Waals surface area contributed by atoms with Crippen LogP contribution in [0.3, 0.4) is 0 Å². The first-order valence-electron chi connectivity index (χ1n) is 10.8. The molecular weight excluding hydrogens is 364 g/mol. The Morgan fingerprint density at radius 3 is 2.50 bits per heavy atom. The van der Waals surface area contributed by atoms with Gasteiger partial charge in [0.2, 0.25) is 5.52 Å². The third-order valence-electron chi connectivity index (χ3n) is 6.56. The SMILES string of the molecule is Cc1ccc2cccc3c2c1c1c2c(cc[n+]1C)c1cc(CC(C)(C)C)ccc1n32. The van der Waals surface area contributed by atoms with Crippen LogP contribution >= 0.6 is 0 Å². The second-order valence-corrected chi connectivity index (χ2v) is 10.1. The fourth-order valence-corrected chi connectivity index (χ4v) is 5.42. The largest absolute Gasteiger partial charge is 0.303 e. The highest BCUT2D eigenvalue weighted by Crippen LogP contribution is 2.40. The van der Waals surface area contributed by atoms with Gasteiger partial charge in [0.25, 0.3) is 0 Å². The standard InChI is InChI=1S/C28H27N2/c1-17-9-11-19-7-6-8-23-25(19)24(17)27-26-20(13-14-29(27)5)21-15-18(16-28(2,3)4)10-12-22(21)30(23)26/h6-15H,16H2,1-5H3/q+1. The molecule has 0 aliphatic rings. The number of rotatable bonds is 1. The van der Waals surface area contributed by atoms with Gasteiger partial charge >= 0.3 is 0 Å². The Kier molecular flexibility index (Phi) is 3.38. The summed E-state index contributed by atoms with van der Waals surface area (Å²) in [7, 11) is 2.17. The first kappa shape index (κ1) is 17.7. The van der Waals surface area contributed by atoms with E-state index in [0.29, 0.717) is 0 Å². The van der Waals surface area contributed by atoms with Crippen molar-refractivity contribution >= 4 is 49.0 Å². The predicted octanol–water partition coefficient (Wildman–Crippen LogP) is 6.71. The molecule has 6 rings (SSSR count). The number of nitrogens with zero attached hydrogens (tertiary/aromatic N) is 2. The number of aryl methyl sites for hydroxylation is 2. The van der Waals surface area contributed by atoms with E-state index >= 15 is 0 Å². The summed E-state index contributed by atoms with van der Waals surface area (Å²) < 4.78 is 4.79. The van der Waals surface area contributed by atoms with Gasteiger partial charge in [-0.3, -0.25) is 0 Å². The van der Waals surface area contributed by atoms with Gasteiger partial charge in [0.05, 0.1) is 16.4 Å². The van der Waals surface area contributed by atoms with Crippen LogP contribution in [-0.4, -0.2) is 4.40 Å². The van der Waals surface area contributed by atoms with Crippen molar-refractivity contribution in [2.75, 3.05) is 0 Å². The maximum atomic E-state index is 2.50. The molecule has 3 aromatic carbocycles. The van der Waals surface area contributed by atoms with Crippen molar-refractivity contribution in [3.05, 3.63) is 71.9 Å². The molecule has 30 heavy (non-hydrogen) atoms. The van der Waals surface area contributed by atoms with Crippen LogP contribution in [0.25, 0.3) is 49.0 Å². The second kappa shape index (κ2) is 5.72. The van der Waals surface area contributed by atoms with Gasteiger partial charge in [0.15, 0.2) is 6.20 Å². The van der Waals surface area contributed by atoms with Gasteiger partial charge in [-0.25, -0.2) is 0 Å². The van der Waals surface area contributed by atoms with Crippen molar-refractivity contribution in [1.82, 2.24) is 4.40 Å². The van der Waals surface area contributed by atoms with Gasteiger partial charge in [-0.15, -0.1) is 0 Å². The van der Waals surface area contributed by atoms with Crippen LogP contribution in [0.5, 0.6) is 0 Å². The number of pyridine rings is 2. The quantitative estimate of drug-likeness (QED) is 0.167. The summed E-state index contributed by atoms with van der Waals surface area (Å²) in [4.78, 5) is 0. The highest BCUT2D eigenvalue weighted by Gasteiger charge is 2.24. The lowest BCUT2D eigenvalue weighted by Gasteiger charge is -2.18. The summed E-state index contributed by atoms with van der Waals surface area (Å²) in [5.41, 5.74) is 8.28. The summed E-state index contributed by atoms with van der Waals surface area (Å²) >= 11 is 0. The summed E-state index contributed by atoms with van der Waals surface area (Å²) in [5, 5.41) is 6.75. The molecule has 0 unspecified atom stereocenters. The monoisotopic (exact) mass is 391 g/mol. The molecule has 0 N–H and O–H groups in total. The number of hydrogen-bond donors (Lipinski definition) is 0. The number of aromatic nitrogens is 2. The molecule has 0 amide bonds. The van der Waals surface area contributed by atoms with Crippen LogP contribution in [-0.2, 0) is 13.5 Å². The van der Waals surface area contributed by atoms with E-state index in [0.717, 1.165) is 6.42 Å². The maximum absolute atomic E-state index is 2.50. The topological polar surface area (TPSA) is 8.29 Å². The summed E-state index contributed by atoms with van der Waals surface area (Å²) in [6.07, 6.45) is 3.31. The van der Waals surface area contributed by atoms with Crippen molar-refractivity contribution in [3.8, 4) is 0 Å². The average molecular weight is 392 g/mol. The van der Waals surface area contributed by atoms with E-state index in [1.54, 1.807) is 0 Å². The Morgan fingerprint density at radius 1 is 0.867 bits per heavy atom. The van der Waals surface area contributed by atoms with Crippen molar-refractivity contribution in [2.45, 2.75) is 34.1 Å². The van der Waals surface area contributed by atoms with Crippen molar-refractivity contribution in [1.29, 1.82) is 0 Å². The minimum absolute atomic E-state index is 0.274. The van der Waals surface area contributed by atoms with Gasteiger partial charge in [-0.05, 0) is 53.5 Å². The Bertz CT molecular complexity index is 1610. The molecule has 0 spiro atoms. The lowest BCUT2D eigenvalue weighted by Crippen LogP contribution is -2.28. The number of hydrogen-bond acceptors (Lipinski definition) is 0. The summed E-state index contributed by atoms with van der Waals surface area (Å²) in [6, 6.07) is 20.6. The van der Waals surface area contributed by atoms with Crippen LogP contribution in [0.2, 0.25) is 0 Å². The molecular formula is C28H27N2+. The Morgan fingerprint density at radius 2 is 1.70 bits per heavy atom. The molecule has 0 aliphatic heterocycles. The van der Waals surface area contributed by atoms with E-state index in [9.17, 15) is 0 Å². The minimum atomic E-state index is 0.274. The second-order valence-electron chi connectivity index (χ2n) is 10.1. The highest BCUT2D eigenvalue weighted by molar-refractivity contribution is 6.25. The van der Waals surface area contributed by atoms with E-state index in [2.05, 4.69) is 105 Å². The molecule has 0 bridgehead atoms. The fraction of sp³-hybridized carbons (Fsp3) is 0.250. The molecule has 0 saturated heterocycles. The molecule has 0 atom stereocenters. The first-order chi connectivity index (χ1) is 14.3. The van der Waals surface area contributed by atoms with Crippen LogP contribution in [0.1, 0.15) is 31.9 Å². The fourth-order valence-electron chi connectivity index (χ4n) is 5.42. The molecule has 3 aromatic heterocycles. The molecule has 6 aromatic rings. The van der Waals surface area contributed by atoms with Gasteiger partial charge < -0.3 is 4.40 Å². The predicted molar refractivity (Wildman–Crippen MR) is 128 cm³/mol. The maximum Gasteiger partial charge on any atom is 0.238 e. The Hall–Kier alpha value is -3.13. The zero-order valence-corrected chi connectivity index (χ0v) is 18.4. The van der Waals surface area contributed by atoms with E-state index < -0.39 is 0 Å². The lowest BCUT2D eigenvalue weighted by molar-refractivity contribution is -0.644. The van der Waals surface area contributed by atoms with Crippen LogP contribution in [0.4, 0.5) is 0 Å². The van der Waals surface area contributed by atoms with Crippen LogP contribution < -0.4 is 4.57 Å². The molecule has 2 nitrogen and oxygen atoms in total. The summed E-state index contributed by atoms with van der Waals surface area (Å²) in [5.74, 6) is 0. The minimum Gasteiger partial charge on any atom is -0.303 e. The van der Waals surface area contributed by atoms with Crippen LogP contribution in [0, 0.1) is 12.3 Å². The van der Waals surface area contributed by atoms with Crippen molar-refractivity contribution < 1.29 is 4.57 Å². The van der Waals surface area contributed by atoms with Crippen molar-refractivity contribution in [2.24, 2.45) is 12.5 Å². The first-order valence-corrected chi connectivity index (χ1v) is 10.8. The van der Waals surface area contributed by atoms with E-state index in [-0.39, 0.29) is 5.41 Å². The molecule has 2 heteroatoms. The number of fused-ring (bicyclic) bond motifs is 5. The van der Waals surface area contributed by atoms with E-state index in [1.165, 1.54) is 60.1 Å². The molecule has 0 radical (unpaired) electrons. The highest BCUT2D eigenvalue weighted by atomic mass is 15.0. The molecule has 0 saturated carbocycles. The third-order valence-corrected chi connectivity index (χ3v) is 6.56. The zero-order chi connectivity index (χ0) is 20.8.